The van der Waals surface area contributed by atoms with Crippen LogP contribution in [0.5, 0.6) is 0 Å². The van der Waals surface area contributed by atoms with E-state index in [4.69, 9.17) is 33.4 Å². The molecule has 0 radical (unpaired) electrons. The first kappa shape index (κ1) is 43.5. The van der Waals surface area contributed by atoms with E-state index in [1.54, 1.807) is 24.7 Å². The van der Waals surface area contributed by atoms with Crippen LogP contribution in [0.3, 0.4) is 0 Å². The van der Waals surface area contributed by atoms with Crippen molar-refractivity contribution in [3.05, 3.63) is 74.0 Å². The van der Waals surface area contributed by atoms with Crippen LogP contribution in [0.4, 0.5) is 11.4 Å². The summed E-state index contributed by atoms with van der Waals surface area (Å²) in [5, 5.41) is 19.1. The summed E-state index contributed by atoms with van der Waals surface area (Å²) in [7, 11) is 2.67. The zero-order valence-corrected chi connectivity index (χ0v) is 31.5. The van der Waals surface area contributed by atoms with Gasteiger partial charge < -0.3 is 31.5 Å². The number of methoxy groups -OCH3 is 2. The number of nitrogens with two attached hydrogens (primary N) is 2. The van der Waals surface area contributed by atoms with Gasteiger partial charge in [0.1, 0.15) is 30.6 Å². The van der Waals surface area contributed by atoms with Crippen molar-refractivity contribution >= 4 is 96.6 Å². The molecule has 0 amide bonds. The van der Waals surface area contributed by atoms with E-state index in [-0.39, 0.29) is 56.8 Å². The number of carboxylic acids is 1. The van der Waals surface area contributed by atoms with Gasteiger partial charge in [-0.3, -0.25) is 4.79 Å². The van der Waals surface area contributed by atoms with E-state index in [2.05, 4.69) is 37.1 Å². The number of esters is 2. The van der Waals surface area contributed by atoms with Crippen LogP contribution in [-0.2, 0) is 14.3 Å². The monoisotopic (exact) mass is 728 g/mol. The number of ether oxygens (including phenoxy) is 2. The average Bonchev–Trinajstić information content (AvgIpc) is 3.54. The van der Waals surface area contributed by atoms with E-state index in [1.165, 1.54) is 25.6 Å². The van der Waals surface area contributed by atoms with Gasteiger partial charge in [-0.15, -0.1) is 22.7 Å². The number of nitriles is 1. The van der Waals surface area contributed by atoms with Gasteiger partial charge in [-0.05, 0) is 55.7 Å². The number of aryl methyl sites for hydroxylation is 3. The molecule has 0 fully saturated rings. The summed E-state index contributed by atoms with van der Waals surface area (Å²) >= 11 is 11.5. The van der Waals surface area contributed by atoms with Gasteiger partial charge >= 0.3 is 47.5 Å². The molecule has 0 atom stereocenters. The topological polar surface area (TPSA) is 234 Å². The molecule has 5 rings (SSSR count). The van der Waals surface area contributed by atoms with E-state index < -0.39 is 11.9 Å². The zero-order chi connectivity index (χ0) is 33.8. The number of nitrogens with zero attached hydrogens (tertiary/aromatic N) is 4. The number of thiophene rings is 2. The molecule has 18 heteroatoms. The number of carboxylic acid groups (broad SMARTS) is 1. The minimum atomic E-state index is -0.997. The summed E-state index contributed by atoms with van der Waals surface area (Å²) < 4.78 is 8.82. The number of pyridine rings is 3. The molecule has 0 unspecified atom stereocenters. The van der Waals surface area contributed by atoms with Crippen LogP contribution in [0.1, 0.15) is 41.6 Å². The standard InChI is InChI=1S/C10H10N2O2S.C9H8N2O2S.C7H5ClN2.C3H6O2S.Na.H2O/c1-5-3-6-7(11)8(10(13)14-2)15-9(6)12-4-5;1-4-2-5-6(10)7(9(12)13)14-8(5)11-3-4;1-5-2-6(3-9)7(8)10-4-5;1-5-3(4)2-6;;/h3-4H,11H2,1-2H3;2-3H,10H2,1H3,(H,12,13);2,4H,1H3;6H,2H2,1H3;;1H2/q;;;;+1;/p-1. The maximum Gasteiger partial charge on any atom is 1.00 e. The molecule has 244 valence electrons. The molecule has 0 aromatic carbocycles. The van der Waals surface area contributed by atoms with E-state index in [0.717, 1.165) is 43.6 Å². The van der Waals surface area contributed by atoms with Crippen molar-refractivity contribution in [3.63, 3.8) is 0 Å². The van der Waals surface area contributed by atoms with E-state index in [9.17, 15) is 14.4 Å². The molecule has 0 spiro atoms. The molecule has 0 bridgehead atoms. The minimum Gasteiger partial charge on any atom is -0.870 e. The number of hydrogen-bond donors (Lipinski definition) is 4. The predicted octanol–water partition coefficient (Wildman–Crippen LogP) is 2.69. The number of fused-ring (bicyclic) bond motifs is 2. The summed E-state index contributed by atoms with van der Waals surface area (Å²) in [5.41, 5.74) is 15.7. The third-order valence-corrected chi connectivity index (χ3v) is 8.25. The van der Waals surface area contributed by atoms with E-state index >= 15 is 0 Å². The van der Waals surface area contributed by atoms with Crippen LogP contribution in [0.15, 0.2) is 36.8 Å². The second kappa shape index (κ2) is 20.7. The van der Waals surface area contributed by atoms with Crippen molar-refractivity contribution in [2.45, 2.75) is 20.8 Å². The number of carbonyl (C=O) groups is 3. The molecule has 47 heavy (non-hydrogen) atoms. The van der Waals surface area contributed by atoms with Crippen LogP contribution in [0.25, 0.3) is 20.4 Å². The fraction of sp³-hybridized carbons (Fsp3) is 0.207. The summed E-state index contributed by atoms with van der Waals surface area (Å²) in [6.07, 6.45) is 5.08. The Morgan fingerprint density at radius 2 is 1.34 bits per heavy atom. The molecule has 5 heterocycles. The van der Waals surface area contributed by atoms with E-state index in [1.807, 2.05) is 39.0 Å². The molecule has 5 aromatic heterocycles. The van der Waals surface area contributed by atoms with Gasteiger partial charge in [-0.25, -0.2) is 24.5 Å². The third kappa shape index (κ3) is 12.2. The van der Waals surface area contributed by atoms with Crippen molar-refractivity contribution in [2.24, 2.45) is 0 Å². The van der Waals surface area contributed by atoms with Gasteiger partial charge in [0.05, 0.1) is 36.9 Å². The predicted molar refractivity (Wildman–Crippen MR) is 182 cm³/mol. The van der Waals surface area contributed by atoms with E-state index in [0.29, 0.717) is 26.6 Å². The smallest absolute Gasteiger partial charge is 0.870 e. The second-order valence-corrected chi connectivity index (χ2v) is 11.6. The Bertz CT molecular complexity index is 1890. The van der Waals surface area contributed by atoms with Gasteiger partial charge in [0.25, 0.3) is 0 Å². The number of nitrogen functional groups attached to an aromatic ring is 2. The van der Waals surface area contributed by atoms with Crippen LogP contribution in [0.2, 0.25) is 5.15 Å². The Morgan fingerprint density at radius 1 is 0.894 bits per heavy atom. The quantitative estimate of drug-likeness (QED) is 0.0906. The maximum atomic E-state index is 11.4. The Hall–Kier alpha value is -3.53. The molecule has 6 N–H and O–H groups in total. The van der Waals surface area contributed by atoms with Crippen molar-refractivity contribution in [1.29, 1.82) is 5.26 Å². The molecule has 13 nitrogen and oxygen atoms in total. The fourth-order valence-electron chi connectivity index (χ4n) is 3.31. The van der Waals surface area contributed by atoms with Crippen LogP contribution in [-0.4, -0.2) is 63.4 Å². The van der Waals surface area contributed by atoms with Crippen LogP contribution in [0, 0.1) is 32.1 Å². The molecule has 0 saturated heterocycles. The number of aromatic nitrogens is 3. The SMILES string of the molecule is COC(=O)CS.COC(=O)c1sc2ncc(C)cc2c1N.Cc1cnc(Cl)c(C#N)c1.Cc1cnc2sc(C(=O)O)c(N)c2c1.[Na+].[OH-]. The molecule has 0 aliphatic rings. The van der Waals surface area contributed by atoms with Crippen molar-refractivity contribution < 1.29 is 64.0 Å². The first-order chi connectivity index (χ1) is 21.3. The average molecular weight is 729 g/mol. The number of hydrogen-bond acceptors (Lipinski definition) is 15. The number of carbonyl (C=O) groups excluding carboxylic acids is 2. The number of anilines is 2. The number of halogens is 1. The van der Waals surface area contributed by atoms with Crippen LogP contribution >= 0.6 is 46.9 Å². The van der Waals surface area contributed by atoms with Gasteiger partial charge in [0, 0.05) is 29.4 Å². The summed E-state index contributed by atoms with van der Waals surface area (Å²) in [4.78, 5) is 46.2. The number of rotatable bonds is 3. The van der Waals surface area contributed by atoms with Crippen molar-refractivity contribution in [1.82, 2.24) is 15.0 Å². The summed E-state index contributed by atoms with van der Waals surface area (Å²) in [5.74, 6) is -1.54. The number of thiol groups is 1. The first-order valence-corrected chi connectivity index (χ1v) is 15.2. The molecular weight excluding hydrogens is 699 g/mol. The number of aromatic carboxylic acids is 1. The normalized spacial score (nSPS) is 9.40. The Morgan fingerprint density at radius 3 is 1.72 bits per heavy atom. The molecule has 0 aliphatic heterocycles. The fourth-order valence-corrected chi connectivity index (χ4v) is 5.43. The zero-order valence-electron chi connectivity index (χ0n) is 26.2. The first-order valence-electron chi connectivity index (χ1n) is 12.6. The Balaban J connectivity index is 0.000000620. The van der Waals surface area contributed by atoms with Crippen molar-refractivity contribution in [2.75, 3.05) is 31.4 Å². The Kier molecular flexibility index (Phi) is 19.1. The van der Waals surface area contributed by atoms with Crippen molar-refractivity contribution in [3.8, 4) is 6.07 Å². The van der Waals surface area contributed by atoms with Crippen LogP contribution < -0.4 is 41.0 Å². The van der Waals surface area contributed by atoms with Gasteiger partial charge in [-0.1, -0.05) is 11.6 Å². The molecule has 0 saturated carbocycles. The molecule has 0 aliphatic carbocycles. The van der Waals surface area contributed by atoms with Gasteiger partial charge in [0.15, 0.2) is 0 Å². The largest absolute Gasteiger partial charge is 1.00 e. The Labute approximate surface area is 310 Å². The molecular formula is C29H30ClN6NaO7S3. The minimum absolute atomic E-state index is 0. The summed E-state index contributed by atoms with van der Waals surface area (Å²) in [6, 6.07) is 7.41. The molecule has 5 aromatic rings. The maximum absolute atomic E-state index is 11.4. The third-order valence-electron chi connectivity index (χ3n) is 5.46. The second-order valence-electron chi connectivity index (χ2n) is 8.91. The summed E-state index contributed by atoms with van der Waals surface area (Å²) in [6.45, 7) is 5.69. The van der Waals surface area contributed by atoms with Gasteiger partial charge in [0.2, 0.25) is 0 Å². The van der Waals surface area contributed by atoms with Gasteiger partial charge in [-0.2, -0.15) is 17.9 Å².